The van der Waals surface area contributed by atoms with Crippen molar-refractivity contribution in [2.24, 2.45) is 0 Å². The van der Waals surface area contributed by atoms with E-state index in [4.69, 9.17) is 0 Å². The second-order valence-electron chi connectivity index (χ2n) is 5.98. The number of carbonyl (C=O) groups is 1. The van der Waals surface area contributed by atoms with Gasteiger partial charge in [0.2, 0.25) is 0 Å². The zero-order valence-electron chi connectivity index (χ0n) is 13.3. The molecule has 6 heteroatoms. The lowest BCUT2D eigenvalue weighted by atomic mass is 10.2. The average molecular weight is 447 g/mol. The predicted molar refractivity (Wildman–Crippen MR) is 103 cm³/mol. The Morgan fingerprint density at radius 1 is 1.08 bits per heavy atom. The lowest BCUT2D eigenvalue weighted by Crippen LogP contribution is -2.15. The third-order valence-electron chi connectivity index (χ3n) is 4.32. The van der Waals surface area contributed by atoms with Crippen molar-refractivity contribution in [3.05, 3.63) is 74.9 Å². The summed E-state index contributed by atoms with van der Waals surface area (Å²) in [5.74, 6) is -0.496. The van der Waals surface area contributed by atoms with Gasteiger partial charge in [-0.3, -0.25) is 4.79 Å². The molecule has 1 amide bonds. The maximum atomic E-state index is 13.2. The fourth-order valence-corrected chi connectivity index (χ4v) is 3.50. The molecule has 0 radical (unpaired) electrons. The Labute approximate surface area is 158 Å². The molecular formula is C19H15FIN3O. The largest absolute Gasteiger partial charge is 0.321 e. The van der Waals surface area contributed by atoms with Gasteiger partial charge in [-0.15, -0.1) is 0 Å². The Hall–Kier alpha value is -2.22. The van der Waals surface area contributed by atoms with Gasteiger partial charge in [0, 0.05) is 20.5 Å². The lowest BCUT2D eigenvalue weighted by molar-refractivity contribution is 0.102. The van der Waals surface area contributed by atoms with Crippen LogP contribution in [0.1, 0.15) is 28.2 Å². The van der Waals surface area contributed by atoms with E-state index in [0.29, 0.717) is 5.69 Å². The molecule has 0 spiro atoms. The summed E-state index contributed by atoms with van der Waals surface area (Å²) in [7, 11) is 0. The number of fused-ring (bicyclic) bond motifs is 1. The number of hydrogen-bond acceptors (Lipinski definition) is 2. The molecule has 1 aliphatic rings. The monoisotopic (exact) mass is 447 g/mol. The third-order valence-corrected chi connectivity index (χ3v) is 5.04. The van der Waals surface area contributed by atoms with Crippen LogP contribution in [-0.4, -0.2) is 15.7 Å². The zero-order chi connectivity index (χ0) is 17.4. The van der Waals surface area contributed by atoms with Gasteiger partial charge in [0.15, 0.2) is 5.69 Å². The van der Waals surface area contributed by atoms with Gasteiger partial charge >= 0.3 is 0 Å². The summed E-state index contributed by atoms with van der Waals surface area (Å²) >= 11 is 2.22. The van der Waals surface area contributed by atoms with E-state index in [9.17, 15) is 9.18 Å². The topological polar surface area (TPSA) is 46.9 Å². The maximum Gasteiger partial charge on any atom is 0.276 e. The Bertz CT molecular complexity index is 933. The van der Waals surface area contributed by atoms with Crippen LogP contribution < -0.4 is 5.32 Å². The predicted octanol–water partition coefficient (Wildman–Crippen LogP) is 4.36. The van der Waals surface area contributed by atoms with Gasteiger partial charge in [-0.2, -0.15) is 5.10 Å². The van der Waals surface area contributed by atoms with Crippen LogP contribution in [0.2, 0.25) is 0 Å². The highest BCUT2D eigenvalue weighted by atomic mass is 127. The number of hydrogen-bond donors (Lipinski definition) is 1. The molecule has 1 aliphatic carbocycles. The Morgan fingerprint density at radius 2 is 1.80 bits per heavy atom. The van der Waals surface area contributed by atoms with E-state index < -0.39 is 0 Å². The van der Waals surface area contributed by atoms with Gasteiger partial charge in [-0.1, -0.05) is 0 Å². The first-order chi connectivity index (χ1) is 12.1. The quantitative estimate of drug-likeness (QED) is 0.607. The van der Waals surface area contributed by atoms with Crippen LogP contribution >= 0.6 is 22.6 Å². The van der Waals surface area contributed by atoms with Crippen molar-refractivity contribution < 1.29 is 9.18 Å². The first-order valence-electron chi connectivity index (χ1n) is 8.05. The van der Waals surface area contributed by atoms with Crippen molar-refractivity contribution in [1.29, 1.82) is 0 Å². The van der Waals surface area contributed by atoms with Crippen molar-refractivity contribution >= 4 is 34.2 Å². The van der Waals surface area contributed by atoms with Crippen LogP contribution in [0, 0.1) is 9.39 Å². The molecule has 0 atom stereocenters. The Morgan fingerprint density at radius 3 is 2.52 bits per heavy atom. The molecule has 126 valence electrons. The molecule has 2 aromatic carbocycles. The van der Waals surface area contributed by atoms with Crippen molar-refractivity contribution in [1.82, 2.24) is 9.78 Å². The lowest BCUT2D eigenvalue weighted by Gasteiger charge is -2.05. The van der Waals surface area contributed by atoms with E-state index in [0.717, 1.165) is 45.5 Å². The van der Waals surface area contributed by atoms with Crippen LogP contribution in [0.3, 0.4) is 0 Å². The molecule has 0 saturated heterocycles. The van der Waals surface area contributed by atoms with Crippen LogP contribution in [0.5, 0.6) is 0 Å². The minimum Gasteiger partial charge on any atom is -0.321 e. The minimum absolute atomic E-state index is 0.208. The fraction of sp³-hybridized carbons (Fsp3) is 0.158. The number of aromatic nitrogens is 2. The van der Waals surface area contributed by atoms with Crippen LogP contribution in [0.15, 0.2) is 48.5 Å². The highest BCUT2D eigenvalue weighted by Gasteiger charge is 2.27. The van der Waals surface area contributed by atoms with Crippen molar-refractivity contribution in [3.63, 3.8) is 0 Å². The van der Waals surface area contributed by atoms with Gasteiger partial charge in [0.1, 0.15) is 5.82 Å². The molecule has 3 aromatic rings. The molecule has 25 heavy (non-hydrogen) atoms. The molecular weight excluding hydrogens is 432 g/mol. The Kier molecular flexibility index (Phi) is 4.29. The summed E-state index contributed by atoms with van der Waals surface area (Å²) in [6.07, 6.45) is 2.71. The van der Waals surface area contributed by atoms with Crippen molar-refractivity contribution in [2.75, 3.05) is 5.32 Å². The Balaban J connectivity index is 1.68. The molecule has 1 N–H and O–H groups in total. The molecule has 0 aliphatic heterocycles. The maximum absolute atomic E-state index is 13.2. The number of benzene rings is 2. The first-order valence-corrected chi connectivity index (χ1v) is 9.13. The van der Waals surface area contributed by atoms with E-state index in [1.165, 1.54) is 12.1 Å². The second-order valence-corrected chi connectivity index (χ2v) is 7.22. The molecule has 0 unspecified atom stereocenters. The molecule has 1 heterocycles. The SMILES string of the molecule is O=C(Nc1ccc(I)cc1)c1nn(-c2ccc(F)cc2)c2c1CCC2. The van der Waals surface area contributed by atoms with Gasteiger partial charge in [0.25, 0.3) is 5.91 Å². The number of anilines is 1. The molecule has 0 saturated carbocycles. The third kappa shape index (κ3) is 3.18. The summed E-state index contributed by atoms with van der Waals surface area (Å²) in [6.45, 7) is 0. The second kappa shape index (κ2) is 6.59. The van der Waals surface area contributed by atoms with E-state index in [1.54, 1.807) is 16.8 Å². The standard InChI is InChI=1S/C19H15FIN3O/c20-12-4-10-15(11-5-12)24-17-3-1-2-16(17)18(23-24)19(25)22-14-8-6-13(21)7-9-14/h4-11H,1-3H2,(H,22,25). The summed E-state index contributed by atoms with van der Waals surface area (Å²) in [4.78, 5) is 12.7. The van der Waals surface area contributed by atoms with Crippen molar-refractivity contribution in [2.45, 2.75) is 19.3 Å². The van der Waals surface area contributed by atoms with E-state index >= 15 is 0 Å². The average Bonchev–Trinajstić information content (AvgIpc) is 3.20. The van der Waals surface area contributed by atoms with E-state index in [2.05, 4.69) is 33.0 Å². The number of carbonyl (C=O) groups excluding carboxylic acids is 1. The summed E-state index contributed by atoms with van der Waals surface area (Å²) in [6, 6.07) is 13.8. The molecule has 4 nitrogen and oxygen atoms in total. The van der Waals surface area contributed by atoms with Gasteiger partial charge < -0.3 is 5.32 Å². The van der Waals surface area contributed by atoms with Crippen LogP contribution in [0.25, 0.3) is 5.69 Å². The molecule has 0 fully saturated rings. The number of amides is 1. The number of rotatable bonds is 3. The van der Waals surface area contributed by atoms with Crippen LogP contribution in [0.4, 0.5) is 10.1 Å². The summed E-state index contributed by atoms with van der Waals surface area (Å²) in [5.41, 5.74) is 4.00. The van der Waals surface area contributed by atoms with Gasteiger partial charge in [0.05, 0.1) is 5.69 Å². The highest BCUT2D eigenvalue weighted by Crippen LogP contribution is 2.28. The summed E-state index contributed by atoms with van der Waals surface area (Å²) < 4.78 is 16.1. The molecule has 4 rings (SSSR count). The van der Waals surface area contributed by atoms with Crippen molar-refractivity contribution in [3.8, 4) is 5.69 Å². The smallest absolute Gasteiger partial charge is 0.276 e. The molecule has 0 bridgehead atoms. The minimum atomic E-state index is -0.288. The first kappa shape index (κ1) is 16.3. The normalized spacial score (nSPS) is 12.9. The number of nitrogens with one attached hydrogen (secondary N) is 1. The van der Waals surface area contributed by atoms with Gasteiger partial charge in [-0.05, 0) is 90.4 Å². The van der Waals surface area contributed by atoms with E-state index in [1.807, 2.05) is 24.3 Å². The number of nitrogens with zero attached hydrogens (tertiary/aromatic N) is 2. The zero-order valence-corrected chi connectivity index (χ0v) is 15.5. The van der Waals surface area contributed by atoms with E-state index in [-0.39, 0.29) is 11.7 Å². The van der Waals surface area contributed by atoms with Crippen LogP contribution in [-0.2, 0) is 12.8 Å². The highest BCUT2D eigenvalue weighted by molar-refractivity contribution is 14.1. The molecule has 1 aromatic heterocycles. The van der Waals surface area contributed by atoms with Gasteiger partial charge in [-0.25, -0.2) is 9.07 Å². The summed E-state index contributed by atoms with van der Waals surface area (Å²) in [5, 5.41) is 7.44. The number of halogens is 2. The fourth-order valence-electron chi connectivity index (χ4n) is 3.14.